The molecule has 1 aromatic carbocycles. The van der Waals surface area contributed by atoms with E-state index in [1.807, 2.05) is 5.92 Å². The van der Waals surface area contributed by atoms with E-state index in [1.54, 1.807) is 0 Å². The second-order valence-corrected chi connectivity index (χ2v) is 2.51. The second kappa shape index (κ2) is 4.07. The first-order valence-corrected chi connectivity index (χ1v) is 3.69. The number of benzene rings is 1. The number of halogens is 1. The molecule has 0 radical (unpaired) electrons. The average Bonchev–Trinajstić information content (AvgIpc) is 2.18. The van der Waals surface area contributed by atoms with Gasteiger partial charge in [0.2, 0.25) is 0 Å². The number of nitrogen functional groups attached to an aromatic ring is 1. The van der Waals surface area contributed by atoms with E-state index in [1.165, 1.54) is 6.07 Å². The van der Waals surface area contributed by atoms with Gasteiger partial charge in [0.25, 0.3) is 5.69 Å². The molecule has 0 bridgehead atoms. The van der Waals surface area contributed by atoms with Gasteiger partial charge in [-0.25, -0.2) is 4.39 Å². The van der Waals surface area contributed by atoms with E-state index in [-0.39, 0.29) is 11.3 Å². The summed E-state index contributed by atoms with van der Waals surface area (Å²) < 4.78 is 12.9. The van der Waals surface area contributed by atoms with Gasteiger partial charge in [-0.1, -0.05) is 0 Å². The summed E-state index contributed by atoms with van der Waals surface area (Å²) in [5.74, 6) is 3.38. The van der Waals surface area contributed by atoms with Crippen molar-refractivity contribution < 1.29 is 9.31 Å². The van der Waals surface area contributed by atoms with Crippen LogP contribution in [0.5, 0.6) is 0 Å². The van der Waals surface area contributed by atoms with E-state index >= 15 is 0 Å². The number of nitrogens with two attached hydrogens (primary N) is 1. The summed E-state index contributed by atoms with van der Waals surface area (Å²) in [5, 5.41) is 18.6. The van der Waals surface area contributed by atoms with Crippen LogP contribution in [0.15, 0.2) is 12.1 Å². The Labute approximate surface area is 84.1 Å². The molecule has 15 heavy (non-hydrogen) atoms. The first-order valence-electron chi connectivity index (χ1n) is 3.69. The Hall–Kier alpha value is -2.60. The first kappa shape index (κ1) is 10.5. The van der Waals surface area contributed by atoms with Crippen LogP contribution in [0.1, 0.15) is 5.56 Å². The number of nitro benzene ring substituents is 1. The molecule has 0 atom stereocenters. The predicted molar refractivity (Wildman–Crippen MR) is 50.0 cm³/mol. The minimum atomic E-state index is -0.821. The molecule has 1 aromatic rings. The minimum absolute atomic E-state index is 0.0664. The summed E-state index contributed by atoms with van der Waals surface area (Å²) in [6.45, 7) is 0. The van der Waals surface area contributed by atoms with Gasteiger partial charge in [0, 0.05) is 5.92 Å². The normalized spacial score (nSPS) is 8.53. The van der Waals surface area contributed by atoms with Crippen molar-refractivity contribution in [2.75, 3.05) is 5.73 Å². The SMILES string of the molecule is N#CC#Cc1cc(F)cc([N+](=O)[O-])c1N. The third kappa shape index (κ3) is 2.20. The Bertz CT molecular complexity index is 523. The standard InChI is InChI=1S/C9H4FN3O2/c10-7-4-6(2-1-3-11)9(12)8(5-7)13(14)15/h4-5H,12H2. The van der Waals surface area contributed by atoms with Gasteiger partial charge in [-0.2, -0.15) is 5.26 Å². The zero-order valence-corrected chi connectivity index (χ0v) is 7.32. The lowest BCUT2D eigenvalue weighted by molar-refractivity contribution is -0.384. The van der Waals surface area contributed by atoms with Crippen LogP contribution >= 0.6 is 0 Å². The zero-order valence-electron chi connectivity index (χ0n) is 7.32. The quantitative estimate of drug-likeness (QED) is 0.322. The molecule has 0 heterocycles. The van der Waals surface area contributed by atoms with E-state index in [0.717, 1.165) is 6.07 Å². The Morgan fingerprint density at radius 1 is 1.53 bits per heavy atom. The molecule has 74 valence electrons. The van der Waals surface area contributed by atoms with E-state index < -0.39 is 16.4 Å². The van der Waals surface area contributed by atoms with Crippen molar-refractivity contribution in [3.8, 4) is 17.9 Å². The van der Waals surface area contributed by atoms with Gasteiger partial charge in [0.15, 0.2) is 6.07 Å². The topological polar surface area (TPSA) is 92.9 Å². The van der Waals surface area contributed by atoms with Gasteiger partial charge < -0.3 is 5.73 Å². The van der Waals surface area contributed by atoms with Crippen molar-refractivity contribution in [3.63, 3.8) is 0 Å². The molecule has 0 aliphatic carbocycles. The van der Waals surface area contributed by atoms with Crippen LogP contribution in [0.2, 0.25) is 0 Å². The summed E-state index contributed by atoms with van der Waals surface area (Å²) in [4.78, 5) is 9.64. The third-order valence-corrected chi connectivity index (χ3v) is 1.57. The molecule has 0 aromatic heterocycles. The molecule has 6 heteroatoms. The van der Waals surface area contributed by atoms with E-state index in [2.05, 4.69) is 5.92 Å². The molecule has 0 saturated carbocycles. The van der Waals surface area contributed by atoms with Crippen LogP contribution in [0.4, 0.5) is 15.8 Å². The minimum Gasteiger partial charge on any atom is -0.392 e. The Kier molecular flexibility index (Phi) is 2.85. The van der Waals surface area contributed by atoms with Gasteiger partial charge in [-0.15, -0.1) is 0 Å². The molecule has 0 aliphatic rings. The molecule has 2 N–H and O–H groups in total. The van der Waals surface area contributed by atoms with Crippen LogP contribution in [-0.2, 0) is 0 Å². The van der Waals surface area contributed by atoms with Gasteiger partial charge in [-0.3, -0.25) is 10.1 Å². The number of nitrogens with zero attached hydrogens (tertiary/aromatic N) is 2. The summed E-state index contributed by atoms with van der Waals surface area (Å²) in [6, 6.07) is 3.14. The summed E-state index contributed by atoms with van der Waals surface area (Å²) in [6.07, 6.45) is 0. The molecule has 5 nitrogen and oxygen atoms in total. The molecule has 0 fully saturated rings. The number of nitriles is 1. The van der Waals surface area contributed by atoms with Gasteiger partial charge in [0.05, 0.1) is 16.6 Å². The highest BCUT2D eigenvalue weighted by molar-refractivity contribution is 5.68. The highest BCUT2D eigenvalue weighted by atomic mass is 19.1. The number of rotatable bonds is 1. The fourth-order valence-electron chi connectivity index (χ4n) is 0.953. The monoisotopic (exact) mass is 205 g/mol. The van der Waals surface area contributed by atoms with Crippen LogP contribution < -0.4 is 5.73 Å². The lowest BCUT2D eigenvalue weighted by atomic mass is 10.1. The fourth-order valence-corrected chi connectivity index (χ4v) is 0.953. The Morgan fingerprint density at radius 2 is 2.20 bits per heavy atom. The van der Waals surface area contributed by atoms with Crippen LogP contribution in [0, 0.1) is 39.1 Å². The van der Waals surface area contributed by atoms with Crippen molar-refractivity contribution in [3.05, 3.63) is 33.6 Å². The zero-order chi connectivity index (χ0) is 11.4. The van der Waals surface area contributed by atoms with Gasteiger partial charge in [0.1, 0.15) is 11.5 Å². The van der Waals surface area contributed by atoms with Crippen molar-refractivity contribution >= 4 is 11.4 Å². The molecule has 0 aliphatic heterocycles. The maximum absolute atomic E-state index is 12.9. The lowest BCUT2D eigenvalue weighted by Crippen LogP contribution is -1.99. The predicted octanol–water partition coefficient (Wildman–Crippen LogP) is 1.19. The molecule has 0 amide bonds. The van der Waals surface area contributed by atoms with Crippen LogP contribution in [0.3, 0.4) is 0 Å². The summed E-state index contributed by atoms with van der Waals surface area (Å²) in [5.41, 5.74) is 4.50. The number of hydrogen-bond donors (Lipinski definition) is 1. The lowest BCUT2D eigenvalue weighted by Gasteiger charge is -1.99. The Balaban J connectivity index is 3.42. The average molecular weight is 205 g/mol. The highest BCUT2D eigenvalue weighted by Gasteiger charge is 2.16. The smallest absolute Gasteiger partial charge is 0.296 e. The largest absolute Gasteiger partial charge is 0.392 e. The van der Waals surface area contributed by atoms with E-state index in [9.17, 15) is 14.5 Å². The van der Waals surface area contributed by atoms with Gasteiger partial charge in [-0.05, 0) is 12.0 Å². The van der Waals surface area contributed by atoms with Crippen molar-refractivity contribution in [1.29, 1.82) is 5.26 Å². The van der Waals surface area contributed by atoms with E-state index in [0.29, 0.717) is 6.07 Å². The highest BCUT2D eigenvalue weighted by Crippen LogP contribution is 2.25. The van der Waals surface area contributed by atoms with Crippen molar-refractivity contribution in [2.24, 2.45) is 0 Å². The fraction of sp³-hybridized carbons (Fsp3) is 0. The maximum Gasteiger partial charge on any atom is 0.296 e. The van der Waals surface area contributed by atoms with Crippen LogP contribution in [0.25, 0.3) is 0 Å². The third-order valence-electron chi connectivity index (χ3n) is 1.57. The molecule has 0 spiro atoms. The summed E-state index contributed by atoms with van der Waals surface area (Å²) in [7, 11) is 0. The molecule has 1 rings (SSSR count). The number of nitro groups is 1. The molecule has 0 saturated heterocycles. The van der Waals surface area contributed by atoms with Crippen molar-refractivity contribution in [2.45, 2.75) is 0 Å². The van der Waals surface area contributed by atoms with Crippen molar-refractivity contribution in [1.82, 2.24) is 0 Å². The van der Waals surface area contributed by atoms with E-state index in [4.69, 9.17) is 11.0 Å². The van der Waals surface area contributed by atoms with Crippen LogP contribution in [-0.4, -0.2) is 4.92 Å². The summed E-state index contributed by atoms with van der Waals surface area (Å²) >= 11 is 0. The molecule has 0 unspecified atom stereocenters. The first-order chi connectivity index (χ1) is 7.06. The number of hydrogen-bond acceptors (Lipinski definition) is 4. The maximum atomic E-state index is 12.9. The Morgan fingerprint density at radius 3 is 2.73 bits per heavy atom. The molecular weight excluding hydrogens is 201 g/mol. The second-order valence-electron chi connectivity index (χ2n) is 2.51. The van der Waals surface area contributed by atoms with Gasteiger partial charge >= 0.3 is 0 Å². The molecular formula is C9H4FN3O2. The number of anilines is 1.